The summed E-state index contributed by atoms with van der Waals surface area (Å²) in [7, 11) is 0. The van der Waals surface area contributed by atoms with Crippen LogP contribution in [0.2, 0.25) is 0 Å². The molecule has 0 aliphatic carbocycles. The van der Waals surface area contributed by atoms with Crippen molar-refractivity contribution in [3.8, 4) is 0 Å². The number of rotatable bonds is 6. The van der Waals surface area contributed by atoms with Crippen molar-refractivity contribution in [3.05, 3.63) is 41.6 Å². The quantitative estimate of drug-likeness (QED) is 0.862. The minimum absolute atomic E-state index is 0.562. The van der Waals surface area contributed by atoms with E-state index in [2.05, 4.69) is 72.1 Å². The van der Waals surface area contributed by atoms with Crippen LogP contribution < -0.4 is 10.2 Å². The minimum Gasteiger partial charge on any atom is -0.354 e. The van der Waals surface area contributed by atoms with E-state index in [1.807, 2.05) is 13.0 Å². The molecule has 0 saturated carbocycles. The molecule has 0 fully saturated rings. The predicted octanol–water partition coefficient (Wildman–Crippen LogP) is 4.32. The van der Waals surface area contributed by atoms with Crippen LogP contribution in [0.4, 0.5) is 17.5 Å². The van der Waals surface area contributed by atoms with Gasteiger partial charge in [-0.15, -0.1) is 0 Å². The third-order valence-electron chi connectivity index (χ3n) is 3.42. The molecular formula is C18H26N4. The Morgan fingerprint density at radius 1 is 1.14 bits per heavy atom. The average Bonchev–Trinajstić information content (AvgIpc) is 2.45. The molecule has 2 aromatic rings. The van der Waals surface area contributed by atoms with E-state index in [4.69, 9.17) is 0 Å². The summed E-state index contributed by atoms with van der Waals surface area (Å²) < 4.78 is 0. The topological polar surface area (TPSA) is 41.1 Å². The van der Waals surface area contributed by atoms with Crippen molar-refractivity contribution < 1.29 is 0 Å². The Balaban J connectivity index is 2.32. The Morgan fingerprint density at radius 3 is 2.55 bits per heavy atom. The smallest absolute Gasteiger partial charge is 0.224 e. The molecule has 4 heteroatoms. The summed E-state index contributed by atoms with van der Waals surface area (Å²) in [6.45, 7) is 12.3. The van der Waals surface area contributed by atoms with Gasteiger partial charge in [-0.2, -0.15) is 4.98 Å². The van der Waals surface area contributed by atoms with Crippen LogP contribution in [0.3, 0.4) is 0 Å². The molecule has 0 amide bonds. The third kappa shape index (κ3) is 4.20. The highest BCUT2D eigenvalue weighted by atomic mass is 15.2. The van der Waals surface area contributed by atoms with Gasteiger partial charge < -0.3 is 10.2 Å². The van der Waals surface area contributed by atoms with E-state index in [1.54, 1.807) is 0 Å². The molecule has 0 saturated heterocycles. The standard InChI is InChI=1S/C18H26N4/c1-6-22(16-9-7-8-14(4)10-16)17-11-15(5)20-18(21-17)19-12-13(2)3/h7-11,13H,6,12H2,1-5H3,(H,19,20,21). The van der Waals surface area contributed by atoms with E-state index in [-0.39, 0.29) is 0 Å². The van der Waals surface area contributed by atoms with Crippen molar-refractivity contribution >= 4 is 17.5 Å². The lowest BCUT2D eigenvalue weighted by molar-refractivity contribution is 0.684. The fourth-order valence-electron chi connectivity index (χ4n) is 2.34. The molecular weight excluding hydrogens is 272 g/mol. The van der Waals surface area contributed by atoms with Crippen molar-refractivity contribution in [1.29, 1.82) is 0 Å². The molecule has 0 aliphatic heterocycles. The van der Waals surface area contributed by atoms with Crippen molar-refractivity contribution in [2.24, 2.45) is 5.92 Å². The summed E-state index contributed by atoms with van der Waals surface area (Å²) in [5, 5.41) is 3.32. The zero-order chi connectivity index (χ0) is 16.1. The zero-order valence-electron chi connectivity index (χ0n) is 14.2. The van der Waals surface area contributed by atoms with Crippen LogP contribution in [0.25, 0.3) is 0 Å². The number of hydrogen-bond donors (Lipinski definition) is 1. The molecule has 1 aromatic carbocycles. The predicted molar refractivity (Wildman–Crippen MR) is 94.0 cm³/mol. The van der Waals surface area contributed by atoms with Gasteiger partial charge in [0.2, 0.25) is 5.95 Å². The normalized spacial score (nSPS) is 10.8. The summed E-state index contributed by atoms with van der Waals surface area (Å²) in [4.78, 5) is 11.4. The van der Waals surface area contributed by atoms with Crippen molar-refractivity contribution in [1.82, 2.24) is 9.97 Å². The van der Waals surface area contributed by atoms with E-state index >= 15 is 0 Å². The number of benzene rings is 1. The van der Waals surface area contributed by atoms with Gasteiger partial charge >= 0.3 is 0 Å². The first kappa shape index (κ1) is 16.3. The first-order chi connectivity index (χ1) is 10.5. The molecule has 2 rings (SSSR count). The van der Waals surface area contributed by atoms with Crippen LogP contribution in [0.5, 0.6) is 0 Å². The maximum absolute atomic E-state index is 4.69. The van der Waals surface area contributed by atoms with E-state index in [0.717, 1.165) is 30.3 Å². The van der Waals surface area contributed by atoms with E-state index in [1.165, 1.54) is 5.56 Å². The van der Waals surface area contributed by atoms with E-state index < -0.39 is 0 Å². The first-order valence-electron chi connectivity index (χ1n) is 7.93. The third-order valence-corrected chi connectivity index (χ3v) is 3.42. The molecule has 0 radical (unpaired) electrons. The second kappa shape index (κ2) is 7.25. The summed E-state index contributed by atoms with van der Waals surface area (Å²) in [6.07, 6.45) is 0. The Hall–Kier alpha value is -2.10. The van der Waals surface area contributed by atoms with Gasteiger partial charge in [-0.3, -0.25) is 0 Å². The molecule has 0 spiro atoms. The van der Waals surface area contributed by atoms with Gasteiger partial charge in [-0.25, -0.2) is 4.98 Å². The largest absolute Gasteiger partial charge is 0.354 e. The highest BCUT2D eigenvalue weighted by Crippen LogP contribution is 2.25. The van der Waals surface area contributed by atoms with Crippen LogP contribution in [0.15, 0.2) is 30.3 Å². The molecule has 1 heterocycles. The lowest BCUT2D eigenvalue weighted by atomic mass is 10.2. The van der Waals surface area contributed by atoms with Crippen LogP contribution >= 0.6 is 0 Å². The molecule has 118 valence electrons. The number of nitrogens with one attached hydrogen (secondary N) is 1. The monoisotopic (exact) mass is 298 g/mol. The average molecular weight is 298 g/mol. The summed E-state index contributed by atoms with van der Waals surface area (Å²) >= 11 is 0. The minimum atomic E-state index is 0.562. The molecule has 0 bridgehead atoms. The SMILES string of the molecule is CCN(c1cccc(C)c1)c1cc(C)nc(NCC(C)C)n1. The van der Waals surface area contributed by atoms with Gasteiger partial charge in [0.15, 0.2) is 0 Å². The number of aromatic nitrogens is 2. The second-order valence-corrected chi connectivity index (χ2v) is 6.05. The highest BCUT2D eigenvalue weighted by Gasteiger charge is 2.11. The van der Waals surface area contributed by atoms with Crippen LogP contribution in [0, 0.1) is 19.8 Å². The Bertz CT molecular complexity index is 622. The fourth-order valence-corrected chi connectivity index (χ4v) is 2.34. The van der Waals surface area contributed by atoms with E-state index in [0.29, 0.717) is 11.9 Å². The molecule has 22 heavy (non-hydrogen) atoms. The lowest BCUT2D eigenvalue weighted by Crippen LogP contribution is -2.19. The molecule has 1 N–H and O–H groups in total. The molecule has 1 aromatic heterocycles. The van der Waals surface area contributed by atoms with Gasteiger partial charge in [-0.05, 0) is 44.4 Å². The van der Waals surface area contributed by atoms with Crippen LogP contribution in [-0.2, 0) is 0 Å². The van der Waals surface area contributed by atoms with Crippen molar-refractivity contribution in [2.45, 2.75) is 34.6 Å². The lowest BCUT2D eigenvalue weighted by Gasteiger charge is -2.23. The maximum atomic E-state index is 4.69. The fraction of sp³-hybridized carbons (Fsp3) is 0.444. The van der Waals surface area contributed by atoms with Gasteiger partial charge in [0, 0.05) is 30.5 Å². The Morgan fingerprint density at radius 2 is 1.91 bits per heavy atom. The van der Waals surface area contributed by atoms with Gasteiger partial charge in [-0.1, -0.05) is 26.0 Å². The van der Waals surface area contributed by atoms with Gasteiger partial charge in [0.1, 0.15) is 5.82 Å². The summed E-state index contributed by atoms with van der Waals surface area (Å²) in [6, 6.07) is 10.5. The summed E-state index contributed by atoms with van der Waals surface area (Å²) in [5.74, 6) is 2.20. The number of nitrogens with zero attached hydrogens (tertiary/aromatic N) is 3. The Labute approximate surface area is 133 Å². The van der Waals surface area contributed by atoms with E-state index in [9.17, 15) is 0 Å². The highest BCUT2D eigenvalue weighted by molar-refractivity contribution is 5.61. The van der Waals surface area contributed by atoms with Gasteiger partial charge in [0.05, 0.1) is 0 Å². The number of anilines is 3. The second-order valence-electron chi connectivity index (χ2n) is 6.05. The van der Waals surface area contributed by atoms with Crippen LogP contribution in [-0.4, -0.2) is 23.1 Å². The van der Waals surface area contributed by atoms with Crippen molar-refractivity contribution in [3.63, 3.8) is 0 Å². The number of hydrogen-bond acceptors (Lipinski definition) is 4. The number of aryl methyl sites for hydroxylation is 2. The Kier molecular flexibility index (Phi) is 5.36. The maximum Gasteiger partial charge on any atom is 0.224 e. The summed E-state index contributed by atoms with van der Waals surface area (Å²) in [5.41, 5.74) is 3.39. The van der Waals surface area contributed by atoms with Crippen molar-refractivity contribution in [2.75, 3.05) is 23.3 Å². The first-order valence-corrected chi connectivity index (χ1v) is 7.93. The molecule has 0 unspecified atom stereocenters. The molecule has 4 nitrogen and oxygen atoms in total. The molecule has 0 atom stereocenters. The zero-order valence-corrected chi connectivity index (χ0v) is 14.2. The molecule has 0 aliphatic rings. The van der Waals surface area contributed by atoms with Gasteiger partial charge in [0.25, 0.3) is 0 Å². The van der Waals surface area contributed by atoms with Crippen LogP contribution in [0.1, 0.15) is 32.0 Å².